The van der Waals surface area contributed by atoms with Crippen molar-refractivity contribution in [1.82, 2.24) is 25.8 Å². The second-order valence-corrected chi connectivity index (χ2v) is 18.4. The number of piperidine rings is 3. The summed E-state index contributed by atoms with van der Waals surface area (Å²) in [6, 6.07) is 15.4. The van der Waals surface area contributed by atoms with Crippen LogP contribution in [-0.2, 0) is 9.59 Å². The van der Waals surface area contributed by atoms with Gasteiger partial charge in [-0.25, -0.2) is 4.98 Å². The fraction of sp³-hybridized carbons (Fsp3) is 0.489. The van der Waals surface area contributed by atoms with Crippen LogP contribution in [0.3, 0.4) is 0 Å². The van der Waals surface area contributed by atoms with Crippen LogP contribution in [0.15, 0.2) is 54.7 Å². The van der Waals surface area contributed by atoms with Crippen molar-refractivity contribution in [1.29, 1.82) is 5.26 Å². The summed E-state index contributed by atoms with van der Waals surface area (Å²) in [5, 5.41) is 18.9. The molecular weight excluding hydrogens is 784 g/mol. The predicted molar refractivity (Wildman–Crippen MR) is 225 cm³/mol. The number of nitrogens with zero attached hydrogens (tertiary/aromatic N) is 5. The van der Waals surface area contributed by atoms with Gasteiger partial charge in [0, 0.05) is 73.5 Å². The normalized spacial score (nSPS) is 25.0. The molecule has 5 heterocycles. The maximum Gasteiger partial charge on any atom is 0.262 e. The minimum Gasteiger partial charge on any atom is -0.489 e. The first kappa shape index (κ1) is 41.2. The van der Waals surface area contributed by atoms with Crippen LogP contribution < -0.4 is 30.5 Å². The lowest BCUT2D eigenvalue weighted by Gasteiger charge is -2.63. The van der Waals surface area contributed by atoms with Gasteiger partial charge in [0.15, 0.2) is 0 Å². The van der Waals surface area contributed by atoms with E-state index in [4.69, 9.17) is 21.3 Å². The van der Waals surface area contributed by atoms with Crippen LogP contribution in [-0.4, -0.2) is 96.4 Å². The number of rotatable bonds is 10. The predicted octanol–water partition coefficient (Wildman–Crippen LogP) is 5.09. The zero-order valence-corrected chi connectivity index (χ0v) is 35.2. The standard InChI is InChI=1S/C45H51ClN8O6/c1-44(2)42(45(3,4)43(44)60-31-10-7-27(22-47)34(46)21-31)51-38(56)28-8-13-36(49-24-28)52-18-15-26(16-19-52)23-48-29-6-5-17-53(25-29)30-9-11-32-33(20-30)41(59)54(40(32)58)35-12-14-37(55)50-39(35)57/h7-11,13,20-21,24,26,29,35,42-43,48H,5-6,12,14-19,23,25H2,1-4H3,(H,51,56)(H,50,55,57)/t29-,35?,42?,43?/m0/s1. The summed E-state index contributed by atoms with van der Waals surface area (Å²) in [5.74, 6) is -0.221. The Balaban J connectivity index is 0.796. The maximum absolute atomic E-state index is 13.5. The van der Waals surface area contributed by atoms with E-state index in [1.165, 1.54) is 0 Å². The average molecular weight is 835 g/mol. The molecule has 3 aromatic rings. The lowest BCUT2D eigenvalue weighted by atomic mass is 9.49. The van der Waals surface area contributed by atoms with Gasteiger partial charge >= 0.3 is 0 Å². The number of pyridine rings is 1. The number of fused-ring (bicyclic) bond motifs is 1. The third kappa shape index (κ3) is 7.69. The molecule has 3 saturated heterocycles. The molecule has 5 aliphatic rings. The SMILES string of the molecule is CC1(C)C(NC(=O)c2ccc(N3CCC(CN[C@H]4CCCN(c5ccc6c(c5)C(=O)N(C5CCC(=O)NC5=O)C6=O)C4)CC3)nc2)C(C)(C)C1Oc1ccc(C#N)c(Cl)c1. The van der Waals surface area contributed by atoms with Crippen LogP contribution in [0.25, 0.3) is 0 Å². The monoisotopic (exact) mass is 834 g/mol. The molecule has 60 heavy (non-hydrogen) atoms. The summed E-state index contributed by atoms with van der Waals surface area (Å²) in [7, 11) is 0. The smallest absolute Gasteiger partial charge is 0.262 e. The molecule has 1 unspecified atom stereocenters. The van der Waals surface area contributed by atoms with E-state index in [-0.39, 0.29) is 53.3 Å². The zero-order chi connectivity index (χ0) is 42.5. The number of hydrogen-bond donors (Lipinski definition) is 3. The zero-order valence-electron chi connectivity index (χ0n) is 34.4. The summed E-state index contributed by atoms with van der Waals surface area (Å²) < 4.78 is 6.37. The first-order chi connectivity index (χ1) is 28.6. The van der Waals surface area contributed by atoms with Gasteiger partial charge in [-0.05, 0) is 87.0 Å². The fourth-order valence-electron chi connectivity index (χ4n) is 10.3. The number of carbonyl (C=O) groups is 5. The number of anilines is 2. The number of nitriles is 1. The van der Waals surface area contributed by atoms with Crippen molar-refractivity contribution in [3.8, 4) is 11.8 Å². The Morgan fingerprint density at radius 2 is 1.68 bits per heavy atom. The van der Waals surface area contributed by atoms with E-state index in [1.807, 2.05) is 18.2 Å². The van der Waals surface area contributed by atoms with E-state index in [0.717, 1.165) is 74.8 Å². The van der Waals surface area contributed by atoms with E-state index in [1.54, 1.807) is 36.5 Å². The molecule has 0 bridgehead atoms. The highest BCUT2D eigenvalue weighted by atomic mass is 35.5. The van der Waals surface area contributed by atoms with Crippen LogP contribution in [0.1, 0.15) is 103 Å². The number of halogens is 1. The summed E-state index contributed by atoms with van der Waals surface area (Å²) in [4.78, 5) is 74.4. The van der Waals surface area contributed by atoms with E-state index in [9.17, 15) is 29.2 Å². The number of benzene rings is 2. The molecule has 4 aliphatic heterocycles. The van der Waals surface area contributed by atoms with E-state index in [2.05, 4.69) is 59.5 Å². The van der Waals surface area contributed by atoms with Crippen LogP contribution in [0.2, 0.25) is 5.02 Å². The molecule has 2 aromatic carbocycles. The van der Waals surface area contributed by atoms with Gasteiger partial charge in [0.05, 0.1) is 27.3 Å². The van der Waals surface area contributed by atoms with Crippen LogP contribution in [0.4, 0.5) is 11.5 Å². The van der Waals surface area contributed by atoms with Crippen molar-refractivity contribution in [3.63, 3.8) is 0 Å². The number of aromatic nitrogens is 1. The third-order valence-corrected chi connectivity index (χ3v) is 13.6. The molecule has 1 aromatic heterocycles. The number of hydrogen-bond acceptors (Lipinski definition) is 11. The number of nitrogens with one attached hydrogen (secondary N) is 3. The Kier molecular flexibility index (Phi) is 11.1. The van der Waals surface area contributed by atoms with Crippen LogP contribution in [0.5, 0.6) is 5.75 Å². The lowest BCUT2D eigenvalue weighted by molar-refractivity contribution is -0.164. The van der Waals surface area contributed by atoms with Gasteiger partial charge in [0.2, 0.25) is 11.8 Å². The van der Waals surface area contributed by atoms with Crippen LogP contribution >= 0.6 is 11.6 Å². The number of carbonyl (C=O) groups excluding carboxylic acids is 5. The first-order valence-corrected chi connectivity index (χ1v) is 21.3. The summed E-state index contributed by atoms with van der Waals surface area (Å²) >= 11 is 6.25. The molecule has 8 rings (SSSR count). The first-order valence-electron chi connectivity index (χ1n) is 20.9. The van der Waals surface area contributed by atoms with E-state index in [0.29, 0.717) is 33.4 Å². The second-order valence-electron chi connectivity index (χ2n) is 18.0. The molecule has 2 atom stereocenters. The Labute approximate surface area is 355 Å². The van der Waals surface area contributed by atoms with Crippen molar-refractivity contribution in [3.05, 3.63) is 82.0 Å². The van der Waals surface area contributed by atoms with Crippen molar-refractivity contribution < 1.29 is 28.7 Å². The van der Waals surface area contributed by atoms with Crippen molar-refractivity contribution >= 4 is 52.6 Å². The fourth-order valence-corrected chi connectivity index (χ4v) is 10.5. The highest BCUT2D eigenvalue weighted by molar-refractivity contribution is 6.31. The van der Waals surface area contributed by atoms with Gasteiger partial charge < -0.3 is 25.2 Å². The summed E-state index contributed by atoms with van der Waals surface area (Å²) in [6.07, 6.45) is 5.74. The molecule has 1 aliphatic carbocycles. The molecular formula is C45H51ClN8O6. The van der Waals surface area contributed by atoms with Gasteiger partial charge in [-0.3, -0.25) is 34.2 Å². The van der Waals surface area contributed by atoms with Gasteiger partial charge in [0.25, 0.3) is 17.7 Å². The molecule has 314 valence electrons. The molecule has 3 N–H and O–H groups in total. The Morgan fingerprint density at radius 1 is 0.933 bits per heavy atom. The van der Waals surface area contributed by atoms with E-state index < -0.39 is 29.7 Å². The Morgan fingerprint density at radius 3 is 2.37 bits per heavy atom. The highest BCUT2D eigenvalue weighted by Gasteiger charge is 2.64. The van der Waals surface area contributed by atoms with Crippen molar-refractivity contribution in [2.75, 3.05) is 42.5 Å². The molecule has 4 fully saturated rings. The maximum atomic E-state index is 13.5. The quantitative estimate of drug-likeness (QED) is 0.232. The Bertz CT molecular complexity index is 2250. The summed E-state index contributed by atoms with van der Waals surface area (Å²) in [6.45, 7) is 12.6. The largest absolute Gasteiger partial charge is 0.489 e. The number of amides is 5. The van der Waals surface area contributed by atoms with Crippen molar-refractivity contribution in [2.24, 2.45) is 16.7 Å². The topological polar surface area (TPSA) is 177 Å². The minimum absolute atomic E-state index is 0.0853. The molecule has 5 amide bonds. The molecule has 0 radical (unpaired) electrons. The second kappa shape index (κ2) is 16.2. The van der Waals surface area contributed by atoms with Gasteiger partial charge in [-0.1, -0.05) is 39.3 Å². The third-order valence-electron chi connectivity index (χ3n) is 13.3. The molecule has 1 saturated carbocycles. The van der Waals surface area contributed by atoms with Gasteiger partial charge in [0.1, 0.15) is 29.8 Å². The molecule has 14 nitrogen and oxygen atoms in total. The van der Waals surface area contributed by atoms with Crippen molar-refractivity contribution in [2.45, 2.75) is 90.4 Å². The molecule has 15 heteroatoms. The van der Waals surface area contributed by atoms with E-state index >= 15 is 0 Å². The molecule has 0 spiro atoms. The summed E-state index contributed by atoms with van der Waals surface area (Å²) in [5.41, 5.74) is 1.60. The minimum atomic E-state index is -0.983. The Hall–Kier alpha value is -5.52. The highest BCUT2D eigenvalue weighted by Crippen LogP contribution is 2.55. The number of imide groups is 2. The lowest BCUT2D eigenvalue weighted by Crippen LogP contribution is -2.74. The van der Waals surface area contributed by atoms with Gasteiger partial charge in [-0.2, -0.15) is 5.26 Å². The average Bonchev–Trinajstić information content (AvgIpc) is 3.49. The van der Waals surface area contributed by atoms with Crippen LogP contribution in [0, 0.1) is 28.1 Å². The van der Waals surface area contributed by atoms with Gasteiger partial charge in [-0.15, -0.1) is 0 Å². The number of ether oxygens (including phenoxy) is 1.